The second-order valence-electron chi connectivity index (χ2n) is 2.90. The van der Waals surface area contributed by atoms with Crippen molar-refractivity contribution in [2.45, 2.75) is 6.42 Å². The molecule has 0 fully saturated rings. The number of rotatable bonds is 4. The molecule has 1 aromatic rings. The first kappa shape index (κ1) is 12.3. The lowest BCUT2D eigenvalue weighted by Crippen LogP contribution is -2.22. The van der Waals surface area contributed by atoms with E-state index in [0.29, 0.717) is 0 Å². The van der Waals surface area contributed by atoms with Gasteiger partial charge in [0.25, 0.3) is 6.64 Å². The number of hydrogen-bond acceptors (Lipinski definition) is 3. The molecule has 0 saturated heterocycles. The van der Waals surface area contributed by atoms with Crippen LogP contribution < -0.4 is 5.09 Å². The Morgan fingerprint density at radius 1 is 1.53 bits per heavy atom. The molecule has 1 unspecified atom stereocenters. The highest BCUT2D eigenvalue weighted by molar-refractivity contribution is 8.08. The third-order valence-electron chi connectivity index (χ3n) is 1.72. The summed E-state index contributed by atoms with van der Waals surface area (Å²) in [7, 11) is 1.27. The van der Waals surface area contributed by atoms with E-state index in [2.05, 4.69) is 21.4 Å². The summed E-state index contributed by atoms with van der Waals surface area (Å²) in [5.41, 5.74) is 0.862. The third-order valence-corrected chi connectivity index (χ3v) is 3.47. The highest BCUT2D eigenvalue weighted by atomic mass is 32.5. The molecule has 0 radical (unpaired) electrons. The Bertz CT molecular complexity index is 382. The molecule has 0 aliphatic rings. The standard InChI is InChI=1S/C9H12NO3PS/c1-13-14(12,15)10-9(11)7-8-5-3-2-4-6-8/h2-6H,7H2,1H3,(H2,10,11,12,15). The minimum atomic E-state index is -3.13. The molecule has 82 valence electrons. The Hall–Kier alpha value is -0.740. The zero-order valence-corrected chi connectivity index (χ0v) is 9.92. The molecular weight excluding hydrogens is 233 g/mol. The van der Waals surface area contributed by atoms with Crippen molar-refractivity contribution in [1.82, 2.24) is 5.09 Å². The van der Waals surface area contributed by atoms with Crippen molar-refractivity contribution in [3.05, 3.63) is 35.9 Å². The highest BCUT2D eigenvalue weighted by Crippen LogP contribution is 2.35. The molecule has 0 aliphatic heterocycles. The molecule has 1 amide bonds. The fourth-order valence-electron chi connectivity index (χ4n) is 1.02. The van der Waals surface area contributed by atoms with Gasteiger partial charge in [-0.05, 0) is 17.4 Å². The van der Waals surface area contributed by atoms with Crippen molar-refractivity contribution < 1.29 is 14.2 Å². The lowest BCUT2D eigenvalue weighted by Gasteiger charge is -2.13. The van der Waals surface area contributed by atoms with Gasteiger partial charge in [0, 0.05) is 7.11 Å². The average Bonchev–Trinajstić information content (AvgIpc) is 2.18. The maximum atomic E-state index is 11.4. The van der Waals surface area contributed by atoms with Gasteiger partial charge >= 0.3 is 0 Å². The number of benzene rings is 1. The molecule has 6 heteroatoms. The highest BCUT2D eigenvalue weighted by Gasteiger charge is 2.15. The van der Waals surface area contributed by atoms with Gasteiger partial charge in [0.15, 0.2) is 0 Å². The van der Waals surface area contributed by atoms with Crippen molar-refractivity contribution in [2.75, 3.05) is 7.11 Å². The summed E-state index contributed by atoms with van der Waals surface area (Å²) >= 11 is 4.65. The van der Waals surface area contributed by atoms with E-state index in [1.807, 2.05) is 30.3 Å². The van der Waals surface area contributed by atoms with Gasteiger partial charge in [-0.3, -0.25) is 9.88 Å². The Morgan fingerprint density at radius 2 is 2.13 bits per heavy atom. The van der Waals surface area contributed by atoms with Crippen LogP contribution in [0.5, 0.6) is 0 Å². The fraction of sp³-hybridized carbons (Fsp3) is 0.222. The second-order valence-corrected chi connectivity index (χ2v) is 6.01. The summed E-state index contributed by atoms with van der Waals surface area (Å²) in [5, 5.41) is 2.27. The van der Waals surface area contributed by atoms with E-state index in [4.69, 9.17) is 0 Å². The molecule has 0 aromatic heterocycles. The molecule has 1 rings (SSSR count). The van der Waals surface area contributed by atoms with Gasteiger partial charge in [-0.2, -0.15) is 0 Å². The summed E-state index contributed by atoms with van der Waals surface area (Å²) in [4.78, 5) is 20.7. The Kier molecular flexibility index (Phi) is 4.42. The normalized spacial score (nSPS) is 14.3. The van der Waals surface area contributed by atoms with Crippen molar-refractivity contribution in [2.24, 2.45) is 0 Å². The lowest BCUT2D eigenvalue weighted by atomic mass is 10.1. The molecular formula is C9H12NO3PS. The number of carbonyl (C=O) groups excluding carboxylic acids is 1. The molecule has 0 spiro atoms. The van der Waals surface area contributed by atoms with Gasteiger partial charge in [0.05, 0.1) is 6.42 Å². The van der Waals surface area contributed by atoms with Crippen LogP contribution in [-0.4, -0.2) is 17.9 Å². The SMILES string of the molecule is COP(O)(=S)NC(=O)Cc1ccccc1. The second kappa shape index (κ2) is 5.37. The average molecular weight is 245 g/mol. The summed E-state index contributed by atoms with van der Waals surface area (Å²) in [6.45, 7) is -3.13. The lowest BCUT2D eigenvalue weighted by molar-refractivity contribution is -0.118. The van der Waals surface area contributed by atoms with E-state index in [1.165, 1.54) is 7.11 Å². The van der Waals surface area contributed by atoms with Gasteiger partial charge in [-0.15, -0.1) is 0 Å². The van der Waals surface area contributed by atoms with Crippen molar-refractivity contribution >= 4 is 24.4 Å². The van der Waals surface area contributed by atoms with E-state index in [1.54, 1.807) is 0 Å². The van der Waals surface area contributed by atoms with Crippen molar-refractivity contribution in [3.8, 4) is 0 Å². The topological polar surface area (TPSA) is 58.6 Å². The monoisotopic (exact) mass is 245 g/mol. The van der Waals surface area contributed by atoms with Crippen LogP contribution in [0.1, 0.15) is 5.56 Å². The van der Waals surface area contributed by atoms with Crippen molar-refractivity contribution in [3.63, 3.8) is 0 Å². The molecule has 15 heavy (non-hydrogen) atoms. The zero-order chi connectivity index (χ0) is 11.3. The van der Waals surface area contributed by atoms with Gasteiger partial charge in [0.1, 0.15) is 0 Å². The predicted molar refractivity (Wildman–Crippen MR) is 61.8 cm³/mol. The van der Waals surface area contributed by atoms with Crippen LogP contribution in [0.4, 0.5) is 0 Å². The van der Waals surface area contributed by atoms with Gasteiger partial charge in [-0.1, -0.05) is 30.3 Å². The van der Waals surface area contributed by atoms with Gasteiger partial charge < -0.3 is 9.42 Å². The largest absolute Gasteiger partial charge is 0.329 e. The molecule has 1 atom stereocenters. The van der Waals surface area contributed by atoms with Crippen LogP contribution >= 0.6 is 6.64 Å². The van der Waals surface area contributed by atoms with Gasteiger partial charge in [0.2, 0.25) is 5.91 Å². The summed E-state index contributed by atoms with van der Waals surface area (Å²) < 4.78 is 4.60. The minimum absolute atomic E-state index is 0.184. The van der Waals surface area contributed by atoms with Gasteiger partial charge in [-0.25, -0.2) is 0 Å². The Labute approximate surface area is 93.5 Å². The first-order chi connectivity index (χ1) is 7.03. The van der Waals surface area contributed by atoms with Crippen LogP contribution in [0.25, 0.3) is 0 Å². The Morgan fingerprint density at radius 3 is 2.67 bits per heavy atom. The number of carbonyl (C=O) groups is 1. The first-order valence-electron chi connectivity index (χ1n) is 4.27. The third kappa shape index (κ3) is 4.53. The molecule has 1 aromatic carbocycles. The molecule has 0 heterocycles. The molecule has 0 aliphatic carbocycles. The summed E-state index contributed by atoms with van der Waals surface area (Å²) in [6, 6.07) is 9.20. The molecule has 4 nitrogen and oxygen atoms in total. The van der Waals surface area contributed by atoms with E-state index in [0.717, 1.165) is 5.56 Å². The summed E-state index contributed by atoms with van der Waals surface area (Å²) in [6.07, 6.45) is 0.184. The number of amides is 1. The van der Waals surface area contributed by atoms with E-state index in [9.17, 15) is 9.69 Å². The van der Waals surface area contributed by atoms with E-state index in [-0.39, 0.29) is 12.3 Å². The minimum Gasteiger partial charge on any atom is -0.329 e. The smallest absolute Gasteiger partial charge is 0.286 e. The first-order valence-corrected chi connectivity index (χ1v) is 6.94. The van der Waals surface area contributed by atoms with E-state index < -0.39 is 6.64 Å². The molecule has 2 N–H and O–H groups in total. The quantitative estimate of drug-likeness (QED) is 0.783. The maximum absolute atomic E-state index is 11.4. The van der Waals surface area contributed by atoms with Crippen LogP contribution in [0.3, 0.4) is 0 Å². The maximum Gasteiger partial charge on any atom is 0.286 e. The van der Waals surface area contributed by atoms with Crippen LogP contribution in [0.15, 0.2) is 30.3 Å². The van der Waals surface area contributed by atoms with Crippen LogP contribution in [0.2, 0.25) is 0 Å². The van der Waals surface area contributed by atoms with Crippen LogP contribution in [-0.2, 0) is 27.5 Å². The molecule has 0 saturated carbocycles. The number of nitrogens with one attached hydrogen (secondary N) is 1. The Balaban J connectivity index is 2.54. The van der Waals surface area contributed by atoms with Crippen LogP contribution in [0, 0.1) is 0 Å². The van der Waals surface area contributed by atoms with E-state index >= 15 is 0 Å². The fourth-order valence-corrected chi connectivity index (χ4v) is 1.81. The predicted octanol–water partition coefficient (Wildman–Crippen LogP) is 1.21. The van der Waals surface area contributed by atoms with Crippen molar-refractivity contribution in [1.29, 1.82) is 0 Å². The number of hydrogen-bond donors (Lipinski definition) is 2. The zero-order valence-electron chi connectivity index (χ0n) is 8.21. The summed E-state index contributed by atoms with van der Waals surface area (Å²) in [5.74, 6) is -0.339. The molecule has 0 bridgehead atoms.